The lowest BCUT2D eigenvalue weighted by atomic mass is 9.83. The Bertz CT molecular complexity index is 543. The van der Waals surface area contributed by atoms with E-state index in [4.69, 9.17) is 4.74 Å². The molecular weight excluding hydrogens is 304 g/mol. The fraction of sp³-hybridized carbons (Fsp3) is 0.818. The summed E-state index contributed by atoms with van der Waals surface area (Å²) in [5, 5.41) is 12.1. The SMILES string of the molecule is C[C@H](OC(=O)NC1CC1)[C@@H]1[C@@H]([C@@H](C)O)C(=O)N1S(=O)(=O)[O-]. The van der Waals surface area contributed by atoms with Crippen LogP contribution in [0.1, 0.15) is 26.7 Å². The van der Waals surface area contributed by atoms with Crippen molar-refractivity contribution >= 4 is 22.3 Å². The lowest BCUT2D eigenvalue weighted by Gasteiger charge is -2.50. The van der Waals surface area contributed by atoms with Gasteiger partial charge in [-0.2, -0.15) is 0 Å². The maximum absolute atomic E-state index is 11.7. The predicted octanol–water partition coefficient (Wildman–Crippen LogP) is -1.07. The second-order valence-corrected chi connectivity index (χ2v) is 6.63. The molecule has 2 aliphatic rings. The van der Waals surface area contributed by atoms with Crippen molar-refractivity contribution < 1.29 is 32.4 Å². The van der Waals surface area contributed by atoms with Crippen LogP contribution >= 0.6 is 0 Å². The number of aliphatic hydroxyl groups excluding tert-OH is 1. The quantitative estimate of drug-likeness (QED) is 0.486. The van der Waals surface area contributed by atoms with Crippen molar-refractivity contribution in [2.75, 3.05) is 0 Å². The molecule has 0 aromatic carbocycles. The lowest BCUT2D eigenvalue weighted by Crippen LogP contribution is -2.69. The summed E-state index contributed by atoms with van der Waals surface area (Å²) < 4.78 is 38.4. The maximum Gasteiger partial charge on any atom is 0.407 e. The highest BCUT2D eigenvalue weighted by molar-refractivity contribution is 7.84. The predicted molar refractivity (Wildman–Crippen MR) is 67.6 cm³/mol. The standard InChI is InChI=1S/C11H18N2O7S/c1-5(14)8-9(13(10(8)15)21(17,18)19)6(2)20-11(16)12-7-3-4-7/h5-9,14H,3-4H2,1-2H3,(H,12,16)(H,17,18,19)/p-1/t5-,6+,8-,9-/m1/s1. The second kappa shape index (κ2) is 5.43. The summed E-state index contributed by atoms with van der Waals surface area (Å²) >= 11 is 0. The molecule has 0 aromatic rings. The van der Waals surface area contributed by atoms with Gasteiger partial charge in [-0.05, 0) is 26.7 Å². The largest absolute Gasteiger partial charge is 0.731 e. The molecule has 2 N–H and O–H groups in total. The molecule has 1 saturated heterocycles. The molecule has 1 saturated carbocycles. The molecule has 1 aliphatic heterocycles. The van der Waals surface area contributed by atoms with Gasteiger partial charge in [-0.25, -0.2) is 17.5 Å². The number of carbonyl (C=O) groups excluding carboxylic acids is 2. The molecular formula is C11H17N2O7S-. The summed E-state index contributed by atoms with van der Waals surface area (Å²) in [5.74, 6) is -2.07. The number of nitrogens with zero attached hydrogens (tertiary/aromatic N) is 1. The first-order chi connectivity index (χ1) is 9.62. The zero-order chi connectivity index (χ0) is 15.9. The highest BCUT2D eigenvalue weighted by Crippen LogP contribution is 2.35. The van der Waals surface area contributed by atoms with Crippen molar-refractivity contribution in [2.24, 2.45) is 5.92 Å². The number of nitrogens with one attached hydrogen (secondary N) is 1. The Labute approximate surface area is 122 Å². The average molecular weight is 321 g/mol. The monoisotopic (exact) mass is 321 g/mol. The van der Waals surface area contributed by atoms with Crippen LogP contribution in [0.3, 0.4) is 0 Å². The number of amides is 2. The second-order valence-electron chi connectivity index (χ2n) is 5.38. The third-order valence-electron chi connectivity index (χ3n) is 3.57. The Kier molecular flexibility index (Phi) is 4.13. The number of β-lactam (4-membered cyclic amide) rings is 1. The Morgan fingerprint density at radius 2 is 2.05 bits per heavy atom. The molecule has 0 unspecified atom stereocenters. The highest BCUT2D eigenvalue weighted by atomic mass is 32.2. The normalized spacial score (nSPS) is 28.6. The lowest BCUT2D eigenvalue weighted by molar-refractivity contribution is -0.160. The van der Waals surface area contributed by atoms with Crippen LogP contribution in [0.4, 0.5) is 4.79 Å². The van der Waals surface area contributed by atoms with Crippen LogP contribution in [0.2, 0.25) is 0 Å². The first-order valence-corrected chi connectivity index (χ1v) is 7.93. The number of hydrogen-bond acceptors (Lipinski definition) is 7. The summed E-state index contributed by atoms with van der Waals surface area (Å²) in [5.41, 5.74) is 0. The van der Waals surface area contributed by atoms with Crippen molar-refractivity contribution in [3.63, 3.8) is 0 Å². The van der Waals surface area contributed by atoms with E-state index in [9.17, 15) is 27.7 Å². The van der Waals surface area contributed by atoms with Crippen LogP contribution in [0, 0.1) is 5.92 Å². The van der Waals surface area contributed by atoms with Crippen molar-refractivity contribution in [3.8, 4) is 0 Å². The average Bonchev–Trinajstić information content (AvgIpc) is 3.05. The number of hydrogen-bond donors (Lipinski definition) is 2. The molecule has 0 bridgehead atoms. The van der Waals surface area contributed by atoms with Gasteiger partial charge in [-0.3, -0.25) is 4.79 Å². The minimum absolute atomic E-state index is 0.0552. The summed E-state index contributed by atoms with van der Waals surface area (Å²) in [6, 6.07) is -1.13. The van der Waals surface area contributed by atoms with E-state index < -0.39 is 46.5 Å². The van der Waals surface area contributed by atoms with E-state index in [0.717, 1.165) is 12.8 Å². The van der Waals surface area contributed by atoms with Gasteiger partial charge in [0.2, 0.25) is 5.91 Å². The smallest absolute Gasteiger partial charge is 0.407 e. The Balaban J connectivity index is 2.08. The van der Waals surface area contributed by atoms with Gasteiger partial charge >= 0.3 is 6.09 Å². The van der Waals surface area contributed by atoms with Crippen molar-refractivity contribution in [3.05, 3.63) is 0 Å². The van der Waals surface area contributed by atoms with Crippen molar-refractivity contribution in [2.45, 2.75) is 51.0 Å². The molecule has 1 heterocycles. The summed E-state index contributed by atoms with van der Waals surface area (Å²) in [6.45, 7) is 2.68. The molecule has 9 nitrogen and oxygen atoms in total. The van der Waals surface area contributed by atoms with Gasteiger partial charge in [0.15, 0.2) is 10.3 Å². The first-order valence-electron chi connectivity index (χ1n) is 6.57. The Morgan fingerprint density at radius 1 is 1.48 bits per heavy atom. The number of rotatable bonds is 5. The van der Waals surface area contributed by atoms with E-state index in [1.54, 1.807) is 0 Å². The molecule has 4 atom stereocenters. The van der Waals surface area contributed by atoms with E-state index in [1.807, 2.05) is 0 Å². The van der Waals surface area contributed by atoms with Gasteiger partial charge in [0.25, 0.3) is 0 Å². The minimum Gasteiger partial charge on any atom is -0.731 e. The van der Waals surface area contributed by atoms with Gasteiger partial charge in [-0.1, -0.05) is 0 Å². The van der Waals surface area contributed by atoms with Crippen molar-refractivity contribution in [1.82, 2.24) is 9.62 Å². The van der Waals surface area contributed by atoms with Crippen LogP contribution in [0.25, 0.3) is 0 Å². The van der Waals surface area contributed by atoms with Crippen LogP contribution in [-0.4, -0.2) is 58.7 Å². The zero-order valence-corrected chi connectivity index (χ0v) is 12.4. The van der Waals surface area contributed by atoms with Gasteiger partial charge < -0.3 is 19.7 Å². The number of aliphatic hydroxyl groups is 1. The first kappa shape index (κ1) is 16.0. The van der Waals surface area contributed by atoms with Gasteiger partial charge in [-0.15, -0.1) is 0 Å². The molecule has 2 rings (SSSR count). The molecule has 2 fully saturated rings. The number of alkyl carbamates (subject to hydrolysis) is 1. The van der Waals surface area contributed by atoms with Gasteiger partial charge in [0.1, 0.15) is 6.10 Å². The highest BCUT2D eigenvalue weighted by Gasteiger charge is 2.56. The summed E-state index contributed by atoms with van der Waals surface area (Å²) in [6.07, 6.45) is -1.23. The molecule has 2 amide bonds. The molecule has 10 heteroatoms. The van der Waals surface area contributed by atoms with E-state index in [0.29, 0.717) is 0 Å². The fourth-order valence-corrected chi connectivity index (χ4v) is 3.35. The maximum atomic E-state index is 11.7. The van der Waals surface area contributed by atoms with Crippen LogP contribution in [-0.2, 0) is 19.8 Å². The van der Waals surface area contributed by atoms with E-state index >= 15 is 0 Å². The third-order valence-corrected chi connectivity index (χ3v) is 4.48. The van der Waals surface area contributed by atoms with Crippen LogP contribution < -0.4 is 5.32 Å². The van der Waals surface area contributed by atoms with Crippen LogP contribution in [0.15, 0.2) is 0 Å². The fourth-order valence-electron chi connectivity index (χ4n) is 2.40. The molecule has 0 spiro atoms. The zero-order valence-electron chi connectivity index (χ0n) is 11.6. The topological polar surface area (TPSA) is 136 Å². The minimum atomic E-state index is -5.01. The number of ether oxygens (including phenoxy) is 1. The van der Waals surface area contributed by atoms with Crippen LogP contribution in [0.5, 0.6) is 0 Å². The summed E-state index contributed by atoms with van der Waals surface area (Å²) in [4.78, 5) is 23.2. The molecule has 0 aromatic heterocycles. The van der Waals surface area contributed by atoms with Crippen molar-refractivity contribution in [1.29, 1.82) is 0 Å². The molecule has 21 heavy (non-hydrogen) atoms. The molecule has 120 valence electrons. The number of carbonyl (C=O) groups is 2. The van der Waals surface area contributed by atoms with E-state index in [-0.39, 0.29) is 10.3 Å². The molecule has 0 radical (unpaired) electrons. The molecule has 1 aliphatic carbocycles. The van der Waals surface area contributed by atoms with E-state index in [2.05, 4.69) is 5.32 Å². The third kappa shape index (κ3) is 3.27. The Morgan fingerprint density at radius 3 is 2.48 bits per heavy atom. The van der Waals surface area contributed by atoms with Gasteiger partial charge in [0, 0.05) is 6.04 Å². The van der Waals surface area contributed by atoms with E-state index in [1.165, 1.54) is 13.8 Å². The van der Waals surface area contributed by atoms with Gasteiger partial charge in [0.05, 0.1) is 18.1 Å². The Hall–Kier alpha value is -1.39. The summed E-state index contributed by atoms with van der Waals surface area (Å²) in [7, 11) is -5.01.